The van der Waals surface area contributed by atoms with E-state index in [0.717, 1.165) is 32.1 Å². The van der Waals surface area contributed by atoms with Crippen LogP contribution >= 0.6 is 0 Å². The molecule has 20 heavy (non-hydrogen) atoms. The summed E-state index contributed by atoms with van der Waals surface area (Å²) in [6, 6.07) is 0. The minimum Gasteiger partial charge on any atom is -0.458 e. The maximum atomic E-state index is 11.8. The van der Waals surface area contributed by atoms with Gasteiger partial charge in [-0.25, -0.2) is 0 Å². The molecule has 2 nitrogen and oxygen atoms in total. The summed E-state index contributed by atoms with van der Waals surface area (Å²) in [5.74, 6) is -0.0304. The molecule has 1 aliphatic heterocycles. The fraction of sp³-hybridized carbons (Fsp3) is 0.722. The van der Waals surface area contributed by atoms with Crippen molar-refractivity contribution in [2.75, 3.05) is 0 Å². The minimum atomic E-state index is -0.0401. The third-order valence-corrected chi connectivity index (χ3v) is 3.70. The number of carbonyl (C=O) groups excluding carboxylic acids is 1. The number of allylic oxidation sites excluding steroid dienone is 3. The maximum absolute atomic E-state index is 11.8. The summed E-state index contributed by atoms with van der Waals surface area (Å²) < 4.78 is 5.58. The Morgan fingerprint density at radius 2 is 1.90 bits per heavy atom. The smallest absolute Gasteiger partial charge is 0.306 e. The number of ether oxygens (including phenoxy) is 1. The van der Waals surface area contributed by atoms with Crippen LogP contribution < -0.4 is 0 Å². The van der Waals surface area contributed by atoms with Crippen molar-refractivity contribution in [3.63, 3.8) is 0 Å². The lowest BCUT2D eigenvalue weighted by molar-refractivity contribution is -0.147. The van der Waals surface area contributed by atoms with Gasteiger partial charge in [-0.2, -0.15) is 0 Å². The maximum Gasteiger partial charge on any atom is 0.306 e. The Kier molecular flexibility index (Phi) is 9.99. The van der Waals surface area contributed by atoms with E-state index in [9.17, 15) is 4.79 Å². The molecule has 1 heterocycles. The average Bonchev–Trinajstić information content (AvgIpc) is 2.44. The zero-order valence-electron chi connectivity index (χ0n) is 13.0. The molecule has 114 valence electrons. The first kappa shape index (κ1) is 17.0. The van der Waals surface area contributed by atoms with Gasteiger partial charge >= 0.3 is 5.97 Å². The SMILES string of the molecule is CCCCCC1/C=C\C=C/CCCCCCCC(=O)O1. The molecule has 0 aromatic carbocycles. The van der Waals surface area contributed by atoms with Crippen molar-refractivity contribution in [3.05, 3.63) is 24.3 Å². The highest BCUT2D eigenvalue weighted by molar-refractivity contribution is 5.69. The third-order valence-electron chi connectivity index (χ3n) is 3.70. The summed E-state index contributed by atoms with van der Waals surface area (Å²) in [4.78, 5) is 11.8. The van der Waals surface area contributed by atoms with Crippen LogP contribution in [0.3, 0.4) is 0 Å². The molecule has 0 fully saturated rings. The molecule has 1 rings (SSSR count). The molecular weight excluding hydrogens is 248 g/mol. The third kappa shape index (κ3) is 8.95. The van der Waals surface area contributed by atoms with E-state index in [4.69, 9.17) is 4.74 Å². The van der Waals surface area contributed by atoms with Crippen LogP contribution in [0.2, 0.25) is 0 Å². The molecule has 0 aromatic rings. The second kappa shape index (κ2) is 11.7. The Balaban J connectivity index is 2.49. The first-order valence-corrected chi connectivity index (χ1v) is 8.35. The van der Waals surface area contributed by atoms with Gasteiger partial charge in [0.1, 0.15) is 6.10 Å². The Morgan fingerprint density at radius 1 is 1.10 bits per heavy atom. The topological polar surface area (TPSA) is 26.3 Å². The molecule has 0 radical (unpaired) electrons. The number of esters is 1. The van der Waals surface area contributed by atoms with Gasteiger partial charge in [0.2, 0.25) is 0 Å². The summed E-state index contributed by atoms with van der Waals surface area (Å²) >= 11 is 0. The number of hydrogen-bond acceptors (Lipinski definition) is 2. The number of carbonyl (C=O) groups is 1. The summed E-state index contributed by atoms with van der Waals surface area (Å²) in [5.41, 5.74) is 0. The van der Waals surface area contributed by atoms with Crippen LogP contribution in [-0.2, 0) is 9.53 Å². The zero-order valence-corrected chi connectivity index (χ0v) is 13.0. The Hall–Kier alpha value is -1.05. The Labute approximate surface area is 124 Å². The average molecular weight is 278 g/mol. The van der Waals surface area contributed by atoms with Crippen molar-refractivity contribution < 1.29 is 9.53 Å². The van der Waals surface area contributed by atoms with Crippen LogP contribution in [0.5, 0.6) is 0 Å². The van der Waals surface area contributed by atoms with Crippen LogP contribution in [-0.4, -0.2) is 12.1 Å². The van der Waals surface area contributed by atoms with Crippen molar-refractivity contribution in [1.82, 2.24) is 0 Å². The van der Waals surface area contributed by atoms with Gasteiger partial charge in [-0.15, -0.1) is 0 Å². The predicted molar refractivity (Wildman–Crippen MR) is 84.6 cm³/mol. The second-order valence-corrected chi connectivity index (χ2v) is 5.64. The van der Waals surface area contributed by atoms with E-state index in [2.05, 4.69) is 19.1 Å². The number of hydrogen-bond donors (Lipinski definition) is 0. The quantitative estimate of drug-likeness (QED) is 0.513. The van der Waals surface area contributed by atoms with Crippen molar-refractivity contribution in [2.24, 2.45) is 0 Å². The molecule has 1 atom stereocenters. The molecule has 1 aliphatic rings. The van der Waals surface area contributed by atoms with Gasteiger partial charge in [0, 0.05) is 6.42 Å². The fourth-order valence-electron chi connectivity index (χ4n) is 2.44. The Bertz CT molecular complexity index is 305. The molecule has 0 N–H and O–H groups in total. The fourth-order valence-corrected chi connectivity index (χ4v) is 2.44. The van der Waals surface area contributed by atoms with Gasteiger partial charge in [-0.05, 0) is 38.2 Å². The van der Waals surface area contributed by atoms with Crippen LogP contribution in [0.4, 0.5) is 0 Å². The molecule has 0 amide bonds. The lowest BCUT2D eigenvalue weighted by Crippen LogP contribution is -2.16. The lowest BCUT2D eigenvalue weighted by Gasteiger charge is -2.14. The molecule has 0 bridgehead atoms. The van der Waals surface area contributed by atoms with Crippen molar-refractivity contribution in [2.45, 2.75) is 83.7 Å². The first-order valence-electron chi connectivity index (χ1n) is 8.35. The molecule has 0 aliphatic carbocycles. The normalized spacial score (nSPS) is 25.4. The van der Waals surface area contributed by atoms with E-state index >= 15 is 0 Å². The molecule has 0 saturated carbocycles. The number of cyclic esters (lactones) is 1. The van der Waals surface area contributed by atoms with Crippen LogP contribution in [0.1, 0.15) is 77.6 Å². The summed E-state index contributed by atoms with van der Waals surface area (Å²) in [6.45, 7) is 2.19. The van der Waals surface area contributed by atoms with Gasteiger partial charge in [-0.1, -0.05) is 57.3 Å². The number of unbranched alkanes of at least 4 members (excludes halogenated alkanes) is 2. The Morgan fingerprint density at radius 3 is 2.75 bits per heavy atom. The van der Waals surface area contributed by atoms with E-state index in [1.54, 1.807) is 0 Å². The highest BCUT2D eigenvalue weighted by Gasteiger charge is 2.11. The highest BCUT2D eigenvalue weighted by Crippen LogP contribution is 2.13. The van der Waals surface area contributed by atoms with Gasteiger partial charge < -0.3 is 4.74 Å². The number of rotatable bonds is 4. The van der Waals surface area contributed by atoms with Gasteiger partial charge in [-0.3, -0.25) is 4.79 Å². The lowest BCUT2D eigenvalue weighted by atomic mass is 10.1. The van der Waals surface area contributed by atoms with E-state index < -0.39 is 0 Å². The van der Waals surface area contributed by atoms with Gasteiger partial charge in [0.05, 0.1) is 0 Å². The predicted octanol–water partition coefficient (Wildman–Crippen LogP) is 5.34. The van der Waals surface area contributed by atoms with Crippen LogP contribution in [0.15, 0.2) is 24.3 Å². The molecule has 0 aromatic heterocycles. The van der Waals surface area contributed by atoms with E-state index in [0.29, 0.717) is 6.42 Å². The monoisotopic (exact) mass is 278 g/mol. The van der Waals surface area contributed by atoms with E-state index in [-0.39, 0.29) is 12.1 Å². The largest absolute Gasteiger partial charge is 0.458 e. The van der Waals surface area contributed by atoms with E-state index in [1.165, 1.54) is 32.1 Å². The van der Waals surface area contributed by atoms with Crippen molar-refractivity contribution in [1.29, 1.82) is 0 Å². The molecule has 0 spiro atoms. The molecule has 1 unspecified atom stereocenters. The zero-order chi connectivity index (χ0) is 14.5. The van der Waals surface area contributed by atoms with Gasteiger partial charge in [0.15, 0.2) is 0 Å². The standard InChI is InChI=1S/C18H30O2/c1-2-3-11-14-17-15-12-9-7-5-4-6-8-10-13-16-18(19)20-17/h7,9,12,15,17H,2-6,8,10-11,13-14,16H2,1H3/b9-7-,15-12-. The molecule has 2 heteroatoms. The highest BCUT2D eigenvalue weighted by atomic mass is 16.5. The molecule has 0 saturated heterocycles. The van der Waals surface area contributed by atoms with Crippen molar-refractivity contribution >= 4 is 5.97 Å². The van der Waals surface area contributed by atoms with E-state index in [1.807, 2.05) is 12.2 Å². The second-order valence-electron chi connectivity index (χ2n) is 5.64. The summed E-state index contributed by atoms with van der Waals surface area (Å²) in [6.07, 6.45) is 20.4. The molecular formula is C18H30O2. The summed E-state index contributed by atoms with van der Waals surface area (Å²) in [5, 5.41) is 0. The van der Waals surface area contributed by atoms with Gasteiger partial charge in [0.25, 0.3) is 0 Å². The minimum absolute atomic E-state index is 0.0304. The first-order chi connectivity index (χ1) is 9.83. The van der Waals surface area contributed by atoms with Crippen molar-refractivity contribution in [3.8, 4) is 0 Å². The summed E-state index contributed by atoms with van der Waals surface area (Å²) in [7, 11) is 0. The van der Waals surface area contributed by atoms with Crippen LogP contribution in [0, 0.1) is 0 Å². The van der Waals surface area contributed by atoms with Crippen LogP contribution in [0.25, 0.3) is 0 Å².